The smallest absolute Gasteiger partial charge is 0.137 e. The summed E-state index contributed by atoms with van der Waals surface area (Å²) in [5.74, 6) is -0.248. The van der Waals surface area contributed by atoms with Crippen LogP contribution in [0.25, 0.3) is 0 Å². The lowest BCUT2D eigenvalue weighted by Gasteiger charge is -2.29. The Morgan fingerprint density at radius 3 is 2.44 bits per heavy atom. The van der Waals surface area contributed by atoms with Crippen LogP contribution in [0.3, 0.4) is 0 Å². The number of halogens is 2. The minimum atomic E-state index is -0.248. The summed E-state index contributed by atoms with van der Waals surface area (Å²) in [6.45, 7) is 2.13. The first-order chi connectivity index (χ1) is 12.2. The van der Waals surface area contributed by atoms with Crippen LogP contribution in [0.5, 0.6) is 0 Å². The second-order valence-electron chi connectivity index (χ2n) is 5.91. The van der Waals surface area contributed by atoms with Crippen molar-refractivity contribution >= 4 is 17.3 Å². The van der Waals surface area contributed by atoms with Crippen LogP contribution in [0.4, 0.5) is 10.1 Å². The summed E-state index contributed by atoms with van der Waals surface area (Å²) in [6.07, 6.45) is 5.16. The number of aromatic nitrogens is 3. The normalized spacial score (nSPS) is 13.4. The van der Waals surface area contributed by atoms with E-state index in [9.17, 15) is 4.39 Å². The highest BCUT2D eigenvalue weighted by Gasteiger charge is 2.25. The van der Waals surface area contributed by atoms with Crippen LogP contribution in [0, 0.1) is 5.82 Å². The zero-order chi connectivity index (χ0) is 17.6. The van der Waals surface area contributed by atoms with Gasteiger partial charge in [-0.2, -0.15) is 5.10 Å². The van der Waals surface area contributed by atoms with Crippen LogP contribution in [0.1, 0.15) is 37.4 Å². The topological polar surface area (TPSA) is 42.7 Å². The first kappa shape index (κ1) is 17.4. The van der Waals surface area contributed by atoms with E-state index in [4.69, 9.17) is 11.6 Å². The molecule has 3 aromatic rings. The van der Waals surface area contributed by atoms with Crippen LogP contribution >= 0.6 is 11.6 Å². The van der Waals surface area contributed by atoms with Gasteiger partial charge in [0.25, 0.3) is 0 Å². The molecule has 130 valence electrons. The van der Waals surface area contributed by atoms with E-state index < -0.39 is 0 Å². The summed E-state index contributed by atoms with van der Waals surface area (Å²) >= 11 is 5.98. The molecule has 0 amide bonds. The molecule has 0 aliphatic heterocycles. The van der Waals surface area contributed by atoms with Gasteiger partial charge < -0.3 is 5.32 Å². The van der Waals surface area contributed by atoms with E-state index in [1.54, 1.807) is 6.33 Å². The molecular weight excluding hydrogens is 339 g/mol. The fourth-order valence-electron chi connectivity index (χ4n) is 2.93. The Labute approximate surface area is 151 Å². The van der Waals surface area contributed by atoms with Crippen molar-refractivity contribution < 1.29 is 4.39 Å². The monoisotopic (exact) mass is 358 g/mol. The quantitative estimate of drug-likeness (QED) is 0.626. The highest BCUT2D eigenvalue weighted by molar-refractivity contribution is 6.30. The number of nitrogens with zero attached hydrogens (tertiary/aromatic N) is 3. The molecule has 0 aliphatic carbocycles. The Kier molecular flexibility index (Phi) is 5.66. The van der Waals surface area contributed by atoms with Crippen LogP contribution in [0.15, 0.2) is 61.2 Å². The predicted molar refractivity (Wildman–Crippen MR) is 98.2 cm³/mol. The van der Waals surface area contributed by atoms with E-state index in [1.165, 1.54) is 18.5 Å². The Hall–Kier alpha value is -2.40. The minimum Gasteiger partial charge on any atom is -0.376 e. The fourth-order valence-corrected chi connectivity index (χ4v) is 3.06. The van der Waals surface area contributed by atoms with Gasteiger partial charge in [0.2, 0.25) is 0 Å². The van der Waals surface area contributed by atoms with Gasteiger partial charge in [-0.15, -0.1) is 0 Å². The molecule has 25 heavy (non-hydrogen) atoms. The number of anilines is 1. The zero-order valence-corrected chi connectivity index (χ0v) is 14.7. The predicted octanol–water partition coefficient (Wildman–Crippen LogP) is 5.27. The maximum absolute atomic E-state index is 13.4. The Morgan fingerprint density at radius 2 is 1.84 bits per heavy atom. The van der Waals surface area contributed by atoms with E-state index in [2.05, 4.69) is 22.3 Å². The van der Waals surface area contributed by atoms with Gasteiger partial charge >= 0.3 is 0 Å². The molecule has 0 fully saturated rings. The van der Waals surface area contributed by atoms with Crippen molar-refractivity contribution in [2.45, 2.75) is 31.8 Å². The number of nitrogens with one attached hydrogen (secondary N) is 1. The van der Waals surface area contributed by atoms with Crippen molar-refractivity contribution in [2.75, 3.05) is 5.32 Å². The van der Waals surface area contributed by atoms with E-state index in [-0.39, 0.29) is 17.9 Å². The van der Waals surface area contributed by atoms with E-state index in [1.807, 2.05) is 41.1 Å². The molecule has 2 aromatic carbocycles. The van der Waals surface area contributed by atoms with Gasteiger partial charge in [-0.25, -0.2) is 14.1 Å². The average molecular weight is 359 g/mol. The highest BCUT2D eigenvalue weighted by atomic mass is 35.5. The molecule has 3 rings (SSSR count). The number of hydrogen-bond donors (Lipinski definition) is 1. The first-order valence-corrected chi connectivity index (χ1v) is 8.67. The van der Waals surface area contributed by atoms with Crippen molar-refractivity contribution in [3.05, 3.63) is 77.6 Å². The molecule has 2 unspecified atom stereocenters. The summed E-state index contributed by atoms with van der Waals surface area (Å²) in [6, 6.07) is 14.1. The second kappa shape index (κ2) is 8.12. The molecule has 0 saturated heterocycles. The third-order valence-electron chi connectivity index (χ3n) is 4.14. The van der Waals surface area contributed by atoms with Crippen molar-refractivity contribution in [1.29, 1.82) is 0 Å². The molecule has 0 spiro atoms. The molecule has 0 aliphatic rings. The summed E-state index contributed by atoms with van der Waals surface area (Å²) in [4.78, 5) is 4.08. The number of hydrogen-bond acceptors (Lipinski definition) is 3. The summed E-state index contributed by atoms with van der Waals surface area (Å²) in [7, 11) is 0. The van der Waals surface area contributed by atoms with Crippen molar-refractivity contribution in [2.24, 2.45) is 0 Å². The van der Waals surface area contributed by atoms with Gasteiger partial charge in [-0.05, 0) is 48.4 Å². The second-order valence-corrected chi connectivity index (χ2v) is 6.35. The Bertz CT molecular complexity index is 772. The lowest BCUT2D eigenvalue weighted by molar-refractivity contribution is 0.372. The average Bonchev–Trinajstić information content (AvgIpc) is 3.15. The molecule has 0 saturated carbocycles. The third-order valence-corrected chi connectivity index (χ3v) is 4.39. The largest absolute Gasteiger partial charge is 0.376 e. The maximum atomic E-state index is 13.4. The Morgan fingerprint density at radius 1 is 1.12 bits per heavy atom. The fraction of sp³-hybridized carbons (Fsp3) is 0.263. The van der Waals surface area contributed by atoms with Gasteiger partial charge in [-0.3, -0.25) is 0 Å². The molecule has 1 N–H and O–H groups in total. The minimum absolute atomic E-state index is 0.0497. The van der Waals surface area contributed by atoms with E-state index >= 15 is 0 Å². The van der Waals surface area contributed by atoms with E-state index in [0.29, 0.717) is 5.02 Å². The molecule has 0 radical (unpaired) electrons. The standard InChI is InChI=1S/C19H20ClFN4/c1-2-3-18(25-13-22-12-23-25)19(14-4-8-16(21)9-5-14)24-17-10-6-15(20)7-11-17/h4-13,18-19,24H,2-3H2,1H3. The van der Waals surface area contributed by atoms with Gasteiger partial charge in [0.1, 0.15) is 18.5 Å². The van der Waals surface area contributed by atoms with Gasteiger partial charge in [0, 0.05) is 10.7 Å². The molecule has 0 bridgehead atoms. The van der Waals surface area contributed by atoms with Crippen molar-refractivity contribution in [3.63, 3.8) is 0 Å². The van der Waals surface area contributed by atoms with Crippen LogP contribution in [-0.2, 0) is 0 Å². The highest BCUT2D eigenvalue weighted by Crippen LogP contribution is 2.33. The molecule has 2 atom stereocenters. The van der Waals surface area contributed by atoms with Crippen molar-refractivity contribution in [1.82, 2.24) is 14.8 Å². The van der Waals surface area contributed by atoms with Gasteiger partial charge in [-0.1, -0.05) is 37.1 Å². The molecule has 1 heterocycles. The van der Waals surface area contributed by atoms with Crippen LogP contribution in [0.2, 0.25) is 5.02 Å². The lowest BCUT2D eigenvalue weighted by atomic mass is 9.95. The zero-order valence-electron chi connectivity index (χ0n) is 13.9. The lowest BCUT2D eigenvalue weighted by Crippen LogP contribution is -2.25. The number of rotatable bonds is 7. The molecule has 1 aromatic heterocycles. The van der Waals surface area contributed by atoms with Crippen molar-refractivity contribution in [3.8, 4) is 0 Å². The van der Waals surface area contributed by atoms with Gasteiger partial charge in [0.05, 0.1) is 12.1 Å². The van der Waals surface area contributed by atoms with E-state index in [0.717, 1.165) is 24.1 Å². The molecule has 4 nitrogen and oxygen atoms in total. The van der Waals surface area contributed by atoms with Crippen LogP contribution in [-0.4, -0.2) is 14.8 Å². The summed E-state index contributed by atoms with van der Waals surface area (Å²) in [5, 5.41) is 8.56. The SMILES string of the molecule is CCCC(C(Nc1ccc(Cl)cc1)c1ccc(F)cc1)n1cncn1. The maximum Gasteiger partial charge on any atom is 0.137 e. The molecule has 6 heteroatoms. The summed E-state index contributed by atoms with van der Waals surface area (Å²) in [5.41, 5.74) is 1.94. The first-order valence-electron chi connectivity index (χ1n) is 8.29. The number of benzene rings is 2. The Balaban J connectivity index is 1.97. The summed E-state index contributed by atoms with van der Waals surface area (Å²) < 4.78 is 15.2. The molecular formula is C19H20ClFN4. The van der Waals surface area contributed by atoms with Gasteiger partial charge in [0.15, 0.2) is 0 Å². The van der Waals surface area contributed by atoms with Crippen LogP contribution < -0.4 is 5.32 Å². The third kappa shape index (κ3) is 4.37.